The first-order valence-corrected chi connectivity index (χ1v) is 8.48. The van der Waals surface area contributed by atoms with Crippen LogP contribution in [0.2, 0.25) is 0 Å². The number of aromatic amines is 1. The normalized spacial score (nSPS) is 13.4. The summed E-state index contributed by atoms with van der Waals surface area (Å²) in [5.74, 6) is 1.99. The van der Waals surface area contributed by atoms with E-state index in [2.05, 4.69) is 15.6 Å². The quantitative estimate of drug-likeness (QED) is 0.578. The van der Waals surface area contributed by atoms with Gasteiger partial charge in [0.1, 0.15) is 11.4 Å². The molecular weight excluding hydrogens is 370 g/mol. The molecule has 1 fully saturated rings. The summed E-state index contributed by atoms with van der Waals surface area (Å²) < 4.78 is 10.4. The fraction of sp³-hybridized carbons (Fsp3) is 0.333. The zero-order valence-corrected chi connectivity index (χ0v) is 15.9. The van der Waals surface area contributed by atoms with Gasteiger partial charge < -0.3 is 43.1 Å². The number of urea groups is 1. The van der Waals surface area contributed by atoms with Crippen LogP contribution in [0.1, 0.15) is 5.56 Å². The molecule has 8 nitrogen and oxygen atoms in total. The molecular formula is C18H24ClN5O3. The molecule has 0 unspecified atom stereocenters. The van der Waals surface area contributed by atoms with Gasteiger partial charge in [-0.15, -0.1) is 0 Å². The first kappa shape index (κ1) is 20.6. The minimum absolute atomic E-state index is 0. The van der Waals surface area contributed by atoms with Crippen LogP contribution in [0.4, 0.5) is 22.1 Å². The van der Waals surface area contributed by atoms with Crippen LogP contribution in [0, 0.1) is 0 Å². The minimum atomic E-state index is -0.174. The van der Waals surface area contributed by atoms with Crippen molar-refractivity contribution in [3.8, 4) is 5.75 Å². The molecule has 5 N–H and O–H groups in total. The smallest absolute Gasteiger partial charge is 0.322 e. The van der Waals surface area contributed by atoms with Crippen molar-refractivity contribution in [1.82, 2.24) is 4.90 Å². The Labute approximate surface area is 164 Å². The van der Waals surface area contributed by atoms with Crippen molar-refractivity contribution in [3.05, 3.63) is 42.0 Å². The number of anilines is 3. The highest BCUT2D eigenvalue weighted by atomic mass is 35.5. The Hall–Kier alpha value is -2.71. The number of nitrogen functional groups attached to an aromatic ring is 1. The van der Waals surface area contributed by atoms with Crippen molar-refractivity contribution in [1.29, 1.82) is 0 Å². The summed E-state index contributed by atoms with van der Waals surface area (Å²) in [6, 6.07) is 11.3. The standard InChI is InChI=1S/C18H23N5O3.ClH/c1-25-14-4-2-13(3-5-14)12-20-16-7-6-15(17(19)22-16)21-18(24)23-8-10-26-11-9-23;/h2-7H,8-12H2,1H3,(H,21,24)(H3,19,20,22);1H. The monoisotopic (exact) mass is 393 g/mol. The van der Waals surface area contributed by atoms with Crippen LogP contribution in [-0.2, 0) is 11.3 Å². The summed E-state index contributed by atoms with van der Waals surface area (Å²) in [5.41, 5.74) is 7.70. The number of pyridine rings is 1. The molecule has 2 aromatic rings. The molecule has 146 valence electrons. The van der Waals surface area contributed by atoms with E-state index in [1.54, 1.807) is 18.1 Å². The van der Waals surface area contributed by atoms with Crippen LogP contribution in [0.25, 0.3) is 0 Å². The van der Waals surface area contributed by atoms with Crippen LogP contribution in [0.3, 0.4) is 0 Å². The number of nitrogens with one attached hydrogen (secondary N) is 3. The number of amides is 2. The maximum absolute atomic E-state index is 12.2. The number of carbonyl (C=O) groups is 1. The molecule has 1 saturated heterocycles. The maximum Gasteiger partial charge on any atom is 0.322 e. The van der Waals surface area contributed by atoms with Crippen LogP contribution < -0.4 is 38.5 Å². The van der Waals surface area contributed by atoms with Gasteiger partial charge in [0, 0.05) is 19.2 Å². The van der Waals surface area contributed by atoms with Crippen molar-refractivity contribution < 1.29 is 31.7 Å². The van der Waals surface area contributed by atoms with Gasteiger partial charge in [0.25, 0.3) is 0 Å². The van der Waals surface area contributed by atoms with E-state index in [4.69, 9.17) is 15.2 Å². The maximum atomic E-state index is 12.2. The Morgan fingerprint density at radius 1 is 1.22 bits per heavy atom. The van der Waals surface area contributed by atoms with Crippen molar-refractivity contribution in [2.75, 3.05) is 49.8 Å². The third-order valence-electron chi connectivity index (χ3n) is 4.16. The van der Waals surface area contributed by atoms with E-state index >= 15 is 0 Å². The lowest BCUT2D eigenvalue weighted by atomic mass is 10.2. The Morgan fingerprint density at radius 3 is 2.56 bits per heavy atom. The molecule has 0 atom stereocenters. The summed E-state index contributed by atoms with van der Waals surface area (Å²) >= 11 is 0. The number of benzene rings is 1. The highest BCUT2D eigenvalue weighted by Gasteiger charge is 2.18. The van der Waals surface area contributed by atoms with Gasteiger partial charge in [0.05, 0.1) is 26.9 Å². The molecule has 2 heterocycles. The van der Waals surface area contributed by atoms with Gasteiger partial charge >= 0.3 is 6.03 Å². The molecule has 0 radical (unpaired) electrons. The van der Waals surface area contributed by atoms with E-state index in [9.17, 15) is 4.79 Å². The van der Waals surface area contributed by atoms with Gasteiger partial charge in [-0.25, -0.2) is 9.78 Å². The van der Waals surface area contributed by atoms with Crippen molar-refractivity contribution >= 4 is 23.4 Å². The number of methoxy groups -OCH3 is 1. The molecule has 1 aromatic carbocycles. The number of ether oxygens (including phenoxy) is 2. The van der Waals surface area contributed by atoms with Gasteiger partial charge in [-0.05, 0) is 23.8 Å². The zero-order valence-electron chi connectivity index (χ0n) is 15.1. The molecule has 1 aliphatic heterocycles. The summed E-state index contributed by atoms with van der Waals surface area (Å²) in [6.45, 7) is 2.92. The van der Waals surface area contributed by atoms with E-state index in [1.807, 2.05) is 30.3 Å². The number of H-pyrrole nitrogens is 1. The second kappa shape index (κ2) is 9.84. The topological polar surface area (TPSA) is 103 Å². The average molecular weight is 394 g/mol. The number of nitrogens with two attached hydrogens (primary N) is 1. The van der Waals surface area contributed by atoms with Crippen molar-refractivity contribution in [2.45, 2.75) is 6.54 Å². The highest BCUT2D eigenvalue weighted by molar-refractivity contribution is 5.91. The van der Waals surface area contributed by atoms with Gasteiger partial charge in [-0.3, -0.25) is 0 Å². The van der Waals surface area contributed by atoms with Crippen molar-refractivity contribution in [3.63, 3.8) is 0 Å². The van der Waals surface area contributed by atoms with Crippen LogP contribution in [-0.4, -0.2) is 44.3 Å². The average Bonchev–Trinajstić information content (AvgIpc) is 2.69. The number of carbonyl (C=O) groups excluding carboxylic acids is 1. The SMILES string of the molecule is COc1ccc(CNc2ccc(NC(=O)N3CCOCC3)c(N)[nH+]2)cc1.[Cl-]. The van der Waals surface area contributed by atoms with Crippen LogP contribution >= 0.6 is 0 Å². The van der Waals surface area contributed by atoms with Gasteiger partial charge in [-0.1, -0.05) is 12.1 Å². The van der Waals surface area contributed by atoms with E-state index in [0.717, 1.165) is 17.1 Å². The summed E-state index contributed by atoms with van der Waals surface area (Å²) in [7, 11) is 1.64. The minimum Gasteiger partial charge on any atom is -1.00 e. The van der Waals surface area contributed by atoms with Crippen molar-refractivity contribution in [2.24, 2.45) is 0 Å². The largest absolute Gasteiger partial charge is 1.00 e. The van der Waals surface area contributed by atoms with Gasteiger partial charge in [0.15, 0.2) is 0 Å². The number of rotatable bonds is 5. The zero-order chi connectivity index (χ0) is 18.4. The first-order chi connectivity index (χ1) is 12.7. The molecule has 27 heavy (non-hydrogen) atoms. The fourth-order valence-corrected chi connectivity index (χ4v) is 2.62. The van der Waals surface area contributed by atoms with E-state index < -0.39 is 0 Å². The Balaban J connectivity index is 0.00000261. The number of hydrogen-bond acceptors (Lipinski definition) is 5. The fourth-order valence-electron chi connectivity index (χ4n) is 2.62. The molecule has 0 spiro atoms. The Morgan fingerprint density at radius 2 is 1.93 bits per heavy atom. The molecule has 0 bridgehead atoms. The number of nitrogens with zero attached hydrogens (tertiary/aromatic N) is 1. The lowest BCUT2D eigenvalue weighted by Crippen LogP contribution is -3.00. The van der Waals surface area contributed by atoms with E-state index in [1.165, 1.54) is 0 Å². The first-order valence-electron chi connectivity index (χ1n) is 8.48. The molecule has 1 aliphatic rings. The molecule has 0 saturated carbocycles. The second-order valence-electron chi connectivity index (χ2n) is 5.93. The lowest BCUT2D eigenvalue weighted by Gasteiger charge is -2.26. The number of morpholine rings is 1. The summed E-state index contributed by atoms with van der Waals surface area (Å²) in [5, 5.41) is 6.09. The third-order valence-corrected chi connectivity index (χ3v) is 4.16. The van der Waals surface area contributed by atoms with Gasteiger partial charge in [-0.2, -0.15) is 0 Å². The number of hydrogen-bond donors (Lipinski definition) is 3. The summed E-state index contributed by atoms with van der Waals surface area (Å²) in [4.78, 5) is 17.0. The molecule has 1 aromatic heterocycles. The number of halogens is 1. The second-order valence-corrected chi connectivity index (χ2v) is 5.93. The van der Waals surface area contributed by atoms with Gasteiger partial charge in [0.2, 0.25) is 11.6 Å². The molecule has 2 amide bonds. The molecule has 3 rings (SSSR count). The van der Waals surface area contributed by atoms with E-state index in [-0.39, 0.29) is 18.4 Å². The van der Waals surface area contributed by atoms with Crippen LogP contribution in [0.5, 0.6) is 5.75 Å². The summed E-state index contributed by atoms with van der Waals surface area (Å²) in [6.07, 6.45) is 0. The Bertz CT molecular complexity index is 751. The van der Waals surface area contributed by atoms with Crippen LogP contribution in [0.15, 0.2) is 36.4 Å². The highest BCUT2D eigenvalue weighted by Crippen LogP contribution is 2.17. The lowest BCUT2D eigenvalue weighted by molar-refractivity contribution is -0.342. The predicted octanol–water partition coefficient (Wildman–Crippen LogP) is -1.43. The van der Waals surface area contributed by atoms with E-state index in [0.29, 0.717) is 44.4 Å². The third kappa shape index (κ3) is 5.63. The molecule has 0 aliphatic carbocycles. The number of aromatic nitrogens is 1. The Kier molecular flexibility index (Phi) is 7.51. The molecule has 9 heteroatoms. The predicted molar refractivity (Wildman–Crippen MR) is 99.1 cm³/mol.